The van der Waals surface area contributed by atoms with E-state index in [9.17, 15) is 4.39 Å². The molecule has 0 bridgehead atoms. The molecule has 0 radical (unpaired) electrons. The number of aryl methyl sites for hydroxylation is 1. The Kier molecular flexibility index (Phi) is 6.14. The molecule has 0 heterocycles. The maximum atomic E-state index is 14.3. The summed E-state index contributed by atoms with van der Waals surface area (Å²) in [5.74, 6) is 3.33. The van der Waals surface area contributed by atoms with E-state index in [0.717, 1.165) is 36.2 Å². The number of fused-ring (bicyclic) bond motifs is 1. The molecule has 0 amide bonds. The van der Waals surface area contributed by atoms with Crippen molar-refractivity contribution in [2.45, 2.75) is 77.0 Å². The fraction of sp³-hybridized carbons (Fsp3) is 0.652. The molecule has 3 rings (SSSR count). The highest BCUT2D eigenvalue weighted by molar-refractivity contribution is 5.27. The van der Waals surface area contributed by atoms with Crippen LogP contribution in [0, 0.1) is 23.6 Å². The van der Waals surface area contributed by atoms with Crippen molar-refractivity contribution >= 4 is 0 Å². The topological polar surface area (TPSA) is 0 Å². The van der Waals surface area contributed by atoms with Crippen molar-refractivity contribution < 1.29 is 4.39 Å². The van der Waals surface area contributed by atoms with E-state index in [4.69, 9.17) is 0 Å². The summed E-state index contributed by atoms with van der Waals surface area (Å²) >= 11 is 0. The molecule has 1 aromatic carbocycles. The molecule has 2 fully saturated rings. The monoisotopic (exact) mass is 328 g/mol. The van der Waals surface area contributed by atoms with Gasteiger partial charge in [-0.2, -0.15) is 0 Å². The lowest BCUT2D eigenvalue weighted by atomic mass is 9.63. The molecule has 132 valence electrons. The second kappa shape index (κ2) is 8.32. The van der Waals surface area contributed by atoms with Gasteiger partial charge in [0.25, 0.3) is 0 Å². The molecule has 2 saturated carbocycles. The summed E-state index contributed by atoms with van der Waals surface area (Å²) in [6.45, 7) is 5.98. The van der Waals surface area contributed by atoms with E-state index in [0.29, 0.717) is 5.92 Å². The van der Waals surface area contributed by atoms with Crippen LogP contribution in [-0.4, -0.2) is 0 Å². The molecule has 0 nitrogen and oxygen atoms in total. The Morgan fingerprint density at radius 1 is 1.12 bits per heavy atom. The molecule has 4 atom stereocenters. The number of hydrogen-bond donors (Lipinski definition) is 0. The predicted octanol–water partition coefficient (Wildman–Crippen LogP) is 7.04. The molecule has 0 aliphatic heterocycles. The first-order valence-electron chi connectivity index (χ1n) is 10.1. The molecule has 1 aromatic rings. The van der Waals surface area contributed by atoms with Crippen molar-refractivity contribution in [2.24, 2.45) is 17.8 Å². The Morgan fingerprint density at radius 3 is 2.67 bits per heavy atom. The molecule has 0 saturated heterocycles. The Bertz CT molecular complexity index is 547. The SMILES string of the molecule is C=CCC[C@@H]1CC[C@@H]2CC(c3ccc(CCC)c(F)c3)CC[C@@H]2C1. The van der Waals surface area contributed by atoms with Crippen LogP contribution in [0.15, 0.2) is 30.9 Å². The standard InChI is InChI=1S/C23H33F/c1-3-5-7-17-8-9-20-15-21(13-12-19(20)14-17)22-11-10-18(6-4-2)23(24)16-22/h3,10-11,16-17,19-21H,1,4-9,12-15H2,2H3/t17-,19-,20-,21?/m1/s1. The Balaban J connectivity index is 1.60. The predicted molar refractivity (Wildman–Crippen MR) is 101 cm³/mol. The summed E-state index contributed by atoms with van der Waals surface area (Å²) in [6, 6.07) is 6.08. The van der Waals surface area contributed by atoms with Crippen LogP contribution >= 0.6 is 0 Å². The van der Waals surface area contributed by atoms with Crippen LogP contribution in [0.3, 0.4) is 0 Å². The molecular formula is C23H33F. The second-order valence-electron chi connectivity index (χ2n) is 8.18. The fourth-order valence-corrected chi connectivity index (χ4v) is 5.19. The molecule has 2 aliphatic carbocycles. The number of halogens is 1. The van der Waals surface area contributed by atoms with Gasteiger partial charge < -0.3 is 0 Å². The smallest absolute Gasteiger partial charge is 0.126 e. The van der Waals surface area contributed by atoms with Crippen LogP contribution in [-0.2, 0) is 6.42 Å². The van der Waals surface area contributed by atoms with Gasteiger partial charge >= 0.3 is 0 Å². The highest BCUT2D eigenvalue weighted by Gasteiger charge is 2.35. The highest BCUT2D eigenvalue weighted by atomic mass is 19.1. The number of hydrogen-bond acceptors (Lipinski definition) is 0. The maximum absolute atomic E-state index is 14.3. The zero-order valence-electron chi connectivity index (χ0n) is 15.3. The number of benzene rings is 1. The molecule has 1 heteroatoms. The van der Waals surface area contributed by atoms with Crippen LogP contribution in [0.25, 0.3) is 0 Å². The lowest BCUT2D eigenvalue weighted by Gasteiger charge is -2.42. The first-order valence-corrected chi connectivity index (χ1v) is 10.1. The number of rotatable bonds is 6. The second-order valence-corrected chi connectivity index (χ2v) is 8.18. The number of allylic oxidation sites excluding steroid dienone is 1. The van der Waals surface area contributed by atoms with Gasteiger partial charge in [0.05, 0.1) is 0 Å². The van der Waals surface area contributed by atoms with E-state index in [1.807, 2.05) is 12.1 Å². The molecule has 0 N–H and O–H groups in total. The van der Waals surface area contributed by atoms with Crippen LogP contribution < -0.4 is 0 Å². The molecule has 0 aromatic heterocycles. The molecular weight excluding hydrogens is 295 g/mol. The van der Waals surface area contributed by atoms with Crippen molar-refractivity contribution in [3.05, 3.63) is 47.8 Å². The first kappa shape index (κ1) is 17.7. The third kappa shape index (κ3) is 4.10. The summed E-state index contributed by atoms with van der Waals surface area (Å²) in [5.41, 5.74) is 2.14. The van der Waals surface area contributed by atoms with Gasteiger partial charge in [-0.15, -0.1) is 6.58 Å². The fourth-order valence-electron chi connectivity index (χ4n) is 5.19. The summed E-state index contributed by atoms with van der Waals surface area (Å²) in [5, 5.41) is 0. The minimum atomic E-state index is 0.0182. The average molecular weight is 329 g/mol. The van der Waals surface area contributed by atoms with Crippen molar-refractivity contribution in [3.8, 4) is 0 Å². The van der Waals surface area contributed by atoms with E-state index in [-0.39, 0.29) is 5.82 Å². The van der Waals surface area contributed by atoms with E-state index in [1.54, 1.807) is 0 Å². The summed E-state index contributed by atoms with van der Waals surface area (Å²) in [6.07, 6.45) is 14.5. The van der Waals surface area contributed by atoms with Crippen molar-refractivity contribution in [1.29, 1.82) is 0 Å². The van der Waals surface area contributed by atoms with E-state index in [2.05, 4.69) is 25.6 Å². The quantitative estimate of drug-likeness (QED) is 0.491. The van der Waals surface area contributed by atoms with Crippen LogP contribution in [0.4, 0.5) is 4.39 Å². The molecule has 24 heavy (non-hydrogen) atoms. The average Bonchev–Trinajstić information content (AvgIpc) is 2.61. The zero-order valence-corrected chi connectivity index (χ0v) is 15.3. The molecule has 1 unspecified atom stereocenters. The molecule has 0 spiro atoms. The van der Waals surface area contributed by atoms with Gasteiger partial charge in [0, 0.05) is 0 Å². The summed E-state index contributed by atoms with van der Waals surface area (Å²) < 4.78 is 14.3. The van der Waals surface area contributed by atoms with Gasteiger partial charge in [0.2, 0.25) is 0 Å². The van der Waals surface area contributed by atoms with Crippen LogP contribution in [0.5, 0.6) is 0 Å². The van der Waals surface area contributed by atoms with Crippen LogP contribution in [0.1, 0.15) is 81.8 Å². The van der Waals surface area contributed by atoms with Gasteiger partial charge in [-0.05, 0) is 92.2 Å². The van der Waals surface area contributed by atoms with E-state index < -0.39 is 0 Å². The van der Waals surface area contributed by atoms with Gasteiger partial charge in [-0.3, -0.25) is 0 Å². The summed E-state index contributed by atoms with van der Waals surface area (Å²) in [4.78, 5) is 0. The minimum absolute atomic E-state index is 0.0182. The van der Waals surface area contributed by atoms with Gasteiger partial charge in [0.15, 0.2) is 0 Å². The lowest BCUT2D eigenvalue weighted by molar-refractivity contribution is 0.115. The van der Waals surface area contributed by atoms with Gasteiger partial charge in [-0.25, -0.2) is 4.39 Å². The largest absolute Gasteiger partial charge is 0.207 e. The van der Waals surface area contributed by atoms with Gasteiger partial charge in [-0.1, -0.05) is 38.0 Å². The van der Waals surface area contributed by atoms with Crippen molar-refractivity contribution in [3.63, 3.8) is 0 Å². The Labute approximate surface area is 147 Å². The molecule has 2 aliphatic rings. The third-order valence-corrected chi connectivity index (χ3v) is 6.57. The summed E-state index contributed by atoms with van der Waals surface area (Å²) in [7, 11) is 0. The highest BCUT2D eigenvalue weighted by Crippen LogP contribution is 2.48. The lowest BCUT2D eigenvalue weighted by Crippen LogP contribution is -2.30. The van der Waals surface area contributed by atoms with Crippen molar-refractivity contribution in [1.82, 2.24) is 0 Å². The van der Waals surface area contributed by atoms with Crippen LogP contribution in [0.2, 0.25) is 0 Å². The van der Waals surface area contributed by atoms with E-state index >= 15 is 0 Å². The van der Waals surface area contributed by atoms with Crippen molar-refractivity contribution in [2.75, 3.05) is 0 Å². The normalized spacial score (nSPS) is 29.9. The van der Waals surface area contributed by atoms with Gasteiger partial charge in [0.1, 0.15) is 5.82 Å². The Morgan fingerprint density at radius 2 is 1.92 bits per heavy atom. The zero-order chi connectivity index (χ0) is 16.9. The third-order valence-electron chi connectivity index (χ3n) is 6.57. The minimum Gasteiger partial charge on any atom is -0.207 e. The first-order chi connectivity index (χ1) is 11.7. The Hall–Kier alpha value is -1.11. The van der Waals surface area contributed by atoms with E-state index in [1.165, 1.54) is 56.9 Å². The maximum Gasteiger partial charge on any atom is 0.126 e.